The standard InChI is InChI=1S/C30H38N4O4/c1-4-23-14-8-9-16-34(23)27(36)18-25(32-30(37)38-19-22-12-6-5-7-13-22)26(35)17-21(3)29-31-24-15-10-11-20(2)28(24)33-29/h5-7,10-13,15,21,23,25H,4,8-9,14,16-19H2,1-3H3,(H,31,33)(H,32,37)/t21-,23+,25+/m1/s1. The number of ketones is 1. The number of likely N-dealkylation sites (tertiary alicyclic amines) is 1. The molecule has 1 saturated heterocycles. The number of ether oxygens (including phenoxy) is 1. The molecule has 0 spiro atoms. The molecule has 38 heavy (non-hydrogen) atoms. The molecule has 4 rings (SSSR count). The van der Waals surface area contributed by atoms with Gasteiger partial charge in [-0.1, -0.05) is 56.3 Å². The summed E-state index contributed by atoms with van der Waals surface area (Å²) in [5.74, 6) is 0.170. The van der Waals surface area contributed by atoms with Crippen LogP contribution in [0.3, 0.4) is 0 Å². The van der Waals surface area contributed by atoms with Crippen LogP contribution in [0.4, 0.5) is 4.79 Å². The summed E-state index contributed by atoms with van der Waals surface area (Å²) >= 11 is 0. The highest BCUT2D eigenvalue weighted by atomic mass is 16.5. The van der Waals surface area contributed by atoms with E-state index in [0.717, 1.165) is 47.8 Å². The number of amides is 2. The Balaban J connectivity index is 1.46. The second-order valence-corrected chi connectivity index (χ2v) is 10.3. The summed E-state index contributed by atoms with van der Waals surface area (Å²) in [4.78, 5) is 49.4. The van der Waals surface area contributed by atoms with Gasteiger partial charge in [-0.2, -0.15) is 0 Å². The summed E-state index contributed by atoms with van der Waals surface area (Å²) < 4.78 is 5.38. The molecule has 3 atom stereocenters. The van der Waals surface area contributed by atoms with Crippen LogP contribution in [0.2, 0.25) is 0 Å². The van der Waals surface area contributed by atoms with Gasteiger partial charge in [-0.15, -0.1) is 0 Å². The average Bonchev–Trinajstić information content (AvgIpc) is 3.38. The molecule has 0 unspecified atom stereocenters. The maximum absolute atomic E-state index is 13.5. The fraction of sp³-hybridized carbons (Fsp3) is 0.467. The van der Waals surface area contributed by atoms with Crippen molar-refractivity contribution in [1.82, 2.24) is 20.2 Å². The van der Waals surface area contributed by atoms with Crippen molar-refractivity contribution in [2.45, 2.75) is 83.9 Å². The molecular weight excluding hydrogens is 480 g/mol. The zero-order chi connectivity index (χ0) is 27.1. The summed E-state index contributed by atoms with van der Waals surface area (Å²) in [6.07, 6.45) is 3.24. The summed E-state index contributed by atoms with van der Waals surface area (Å²) in [6, 6.07) is 14.5. The van der Waals surface area contributed by atoms with Gasteiger partial charge in [0.15, 0.2) is 5.78 Å². The predicted octanol–water partition coefficient (Wildman–Crippen LogP) is 5.41. The highest BCUT2D eigenvalue weighted by molar-refractivity contribution is 5.92. The third-order valence-electron chi connectivity index (χ3n) is 7.40. The number of nitrogens with one attached hydrogen (secondary N) is 2. The van der Waals surface area contributed by atoms with Gasteiger partial charge in [0.1, 0.15) is 12.4 Å². The number of fused-ring (bicyclic) bond motifs is 1. The SMILES string of the molecule is CC[C@H]1CCCCN1C(=O)C[C@H](NC(=O)OCc1ccccc1)C(=O)C[C@@H](C)c1nc2c(C)cccc2[nH]1. The molecule has 8 nitrogen and oxygen atoms in total. The number of H-pyrrole nitrogens is 1. The zero-order valence-electron chi connectivity index (χ0n) is 22.5. The van der Waals surface area contributed by atoms with Crippen molar-refractivity contribution in [2.75, 3.05) is 6.54 Å². The van der Waals surface area contributed by atoms with Gasteiger partial charge in [-0.25, -0.2) is 9.78 Å². The zero-order valence-corrected chi connectivity index (χ0v) is 22.5. The van der Waals surface area contributed by atoms with Crippen LogP contribution in [0.25, 0.3) is 11.0 Å². The maximum atomic E-state index is 13.5. The molecule has 2 heterocycles. The van der Waals surface area contributed by atoms with Crippen molar-refractivity contribution >= 4 is 28.8 Å². The van der Waals surface area contributed by atoms with Crippen molar-refractivity contribution in [1.29, 1.82) is 0 Å². The number of benzene rings is 2. The number of aromatic nitrogens is 2. The van der Waals surface area contributed by atoms with Crippen molar-refractivity contribution < 1.29 is 19.1 Å². The fourth-order valence-electron chi connectivity index (χ4n) is 5.17. The Morgan fingerprint density at radius 3 is 2.63 bits per heavy atom. The van der Waals surface area contributed by atoms with Crippen LogP contribution in [0.5, 0.6) is 0 Å². The van der Waals surface area contributed by atoms with Crippen molar-refractivity contribution in [3.8, 4) is 0 Å². The topological polar surface area (TPSA) is 104 Å². The molecular formula is C30H38N4O4. The summed E-state index contributed by atoms with van der Waals surface area (Å²) in [7, 11) is 0. The molecule has 0 bridgehead atoms. The molecule has 1 aliphatic rings. The summed E-state index contributed by atoms with van der Waals surface area (Å²) in [5, 5.41) is 2.69. The smallest absolute Gasteiger partial charge is 0.408 e. The Kier molecular flexibility index (Phi) is 9.15. The van der Waals surface area contributed by atoms with E-state index in [2.05, 4.69) is 17.2 Å². The van der Waals surface area contributed by atoms with Gasteiger partial charge in [-0.05, 0) is 49.8 Å². The van der Waals surface area contributed by atoms with E-state index in [0.29, 0.717) is 12.4 Å². The van der Waals surface area contributed by atoms with Crippen LogP contribution < -0.4 is 5.32 Å². The minimum Gasteiger partial charge on any atom is -0.445 e. The second-order valence-electron chi connectivity index (χ2n) is 10.3. The van der Waals surface area contributed by atoms with E-state index < -0.39 is 12.1 Å². The third kappa shape index (κ3) is 6.79. The van der Waals surface area contributed by atoms with E-state index >= 15 is 0 Å². The molecule has 0 aliphatic carbocycles. The van der Waals surface area contributed by atoms with Gasteiger partial charge >= 0.3 is 6.09 Å². The fourth-order valence-corrected chi connectivity index (χ4v) is 5.17. The number of aromatic amines is 1. The minimum absolute atomic E-state index is 0.0816. The molecule has 3 aromatic rings. The van der Waals surface area contributed by atoms with E-state index in [4.69, 9.17) is 9.72 Å². The molecule has 1 aliphatic heterocycles. The molecule has 0 saturated carbocycles. The normalized spacial score (nSPS) is 17.1. The lowest BCUT2D eigenvalue weighted by Crippen LogP contribution is -2.49. The first kappa shape index (κ1) is 27.4. The van der Waals surface area contributed by atoms with Gasteiger partial charge in [0, 0.05) is 24.9 Å². The number of rotatable bonds is 10. The monoisotopic (exact) mass is 518 g/mol. The predicted molar refractivity (Wildman–Crippen MR) is 147 cm³/mol. The average molecular weight is 519 g/mol. The lowest BCUT2D eigenvalue weighted by molar-refractivity contribution is -0.137. The number of carbonyl (C=O) groups is 3. The number of aryl methyl sites for hydroxylation is 1. The molecule has 2 aromatic carbocycles. The van der Waals surface area contributed by atoms with E-state index in [-0.39, 0.29) is 43.1 Å². The van der Waals surface area contributed by atoms with Crippen LogP contribution in [0.1, 0.15) is 75.2 Å². The van der Waals surface area contributed by atoms with Gasteiger partial charge in [0.25, 0.3) is 0 Å². The molecule has 202 valence electrons. The number of alkyl carbamates (subject to hydrolysis) is 1. The van der Waals surface area contributed by atoms with Crippen LogP contribution in [-0.4, -0.2) is 51.3 Å². The van der Waals surface area contributed by atoms with E-state index in [1.165, 1.54) is 0 Å². The quantitative estimate of drug-likeness (QED) is 0.373. The summed E-state index contributed by atoms with van der Waals surface area (Å²) in [6.45, 7) is 6.77. The van der Waals surface area contributed by atoms with Crippen molar-refractivity contribution in [2.24, 2.45) is 0 Å². The maximum Gasteiger partial charge on any atom is 0.408 e. The van der Waals surface area contributed by atoms with Crippen LogP contribution >= 0.6 is 0 Å². The Morgan fingerprint density at radius 1 is 1.11 bits per heavy atom. The first-order valence-electron chi connectivity index (χ1n) is 13.6. The molecule has 8 heteroatoms. The molecule has 1 aromatic heterocycles. The summed E-state index contributed by atoms with van der Waals surface area (Å²) in [5.41, 5.74) is 3.70. The lowest BCUT2D eigenvalue weighted by Gasteiger charge is -2.36. The Labute approximate surface area is 224 Å². The van der Waals surface area contributed by atoms with Gasteiger partial charge in [0.05, 0.1) is 23.5 Å². The van der Waals surface area contributed by atoms with Crippen molar-refractivity contribution in [3.63, 3.8) is 0 Å². The van der Waals surface area contributed by atoms with Gasteiger partial charge < -0.3 is 19.9 Å². The first-order valence-corrected chi connectivity index (χ1v) is 13.6. The number of hydrogen-bond acceptors (Lipinski definition) is 5. The van der Waals surface area contributed by atoms with E-state index in [9.17, 15) is 14.4 Å². The van der Waals surface area contributed by atoms with E-state index in [1.54, 1.807) is 0 Å². The number of para-hydroxylation sites is 1. The number of hydrogen-bond donors (Lipinski definition) is 2. The number of nitrogens with zero attached hydrogens (tertiary/aromatic N) is 2. The Bertz CT molecular complexity index is 1260. The Morgan fingerprint density at radius 2 is 1.89 bits per heavy atom. The van der Waals surface area contributed by atoms with Crippen LogP contribution in [0.15, 0.2) is 48.5 Å². The molecule has 2 amide bonds. The Hall–Kier alpha value is -3.68. The number of Topliss-reactive ketones (excluding diaryl/α,β-unsaturated/α-hetero) is 1. The minimum atomic E-state index is -0.973. The number of carbonyl (C=O) groups excluding carboxylic acids is 3. The van der Waals surface area contributed by atoms with Gasteiger partial charge in [-0.3, -0.25) is 9.59 Å². The number of piperidine rings is 1. The lowest BCUT2D eigenvalue weighted by atomic mass is 9.95. The third-order valence-corrected chi connectivity index (χ3v) is 7.40. The molecule has 0 radical (unpaired) electrons. The second kappa shape index (κ2) is 12.7. The molecule has 2 N–H and O–H groups in total. The molecule has 1 fully saturated rings. The highest BCUT2D eigenvalue weighted by Crippen LogP contribution is 2.24. The van der Waals surface area contributed by atoms with E-state index in [1.807, 2.05) is 67.3 Å². The van der Waals surface area contributed by atoms with Crippen molar-refractivity contribution in [3.05, 3.63) is 65.5 Å². The van der Waals surface area contributed by atoms with Crippen LogP contribution in [0, 0.1) is 6.92 Å². The largest absolute Gasteiger partial charge is 0.445 e. The number of imidazole rings is 1. The van der Waals surface area contributed by atoms with Crippen LogP contribution in [-0.2, 0) is 20.9 Å². The first-order chi connectivity index (χ1) is 18.4. The van der Waals surface area contributed by atoms with Gasteiger partial charge in [0.2, 0.25) is 5.91 Å². The highest BCUT2D eigenvalue weighted by Gasteiger charge is 2.31.